The van der Waals surface area contributed by atoms with Crippen LogP contribution < -0.4 is 4.90 Å². The smallest absolute Gasteiger partial charge is 0.226 e. The number of aryl methyl sites for hydroxylation is 1. The topological polar surface area (TPSA) is 66.4 Å². The molecule has 28 heavy (non-hydrogen) atoms. The molecule has 0 saturated carbocycles. The number of benzene rings is 1. The predicted octanol–water partition coefficient (Wildman–Crippen LogP) is 2.77. The quantitative estimate of drug-likeness (QED) is 0.792. The minimum atomic E-state index is -3.09. The van der Waals surface area contributed by atoms with Gasteiger partial charge in [0.15, 0.2) is 0 Å². The summed E-state index contributed by atoms with van der Waals surface area (Å²) in [4.78, 5) is 12.1. The standard InChI is InChI=1S/C21H26N4O2S/c1-15-9-11-25(15)21-22-19-8-3-7-18(19)20(23-21)17-6-2-5-16(13-17)14-24-10-4-12-28(24,26)27/h2,5-6,13,15H,3-4,7-12,14H2,1H3/t15-/m0/s1. The van der Waals surface area contributed by atoms with Gasteiger partial charge in [-0.1, -0.05) is 18.2 Å². The maximum atomic E-state index is 12.2. The molecule has 1 atom stereocenters. The summed E-state index contributed by atoms with van der Waals surface area (Å²) in [5.41, 5.74) is 5.58. The van der Waals surface area contributed by atoms with Crippen molar-refractivity contribution in [3.63, 3.8) is 0 Å². The highest BCUT2D eigenvalue weighted by molar-refractivity contribution is 7.89. The van der Waals surface area contributed by atoms with Crippen molar-refractivity contribution in [2.45, 2.75) is 51.6 Å². The van der Waals surface area contributed by atoms with Gasteiger partial charge in [-0.2, -0.15) is 4.31 Å². The molecule has 148 valence electrons. The second-order valence-corrected chi connectivity index (χ2v) is 10.3. The predicted molar refractivity (Wildman–Crippen MR) is 110 cm³/mol. The first-order chi connectivity index (χ1) is 13.5. The molecule has 1 aromatic heterocycles. The molecule has 0 bridgehead atoms. The van der Waals surface area contributed by atoms with Crippen LogP contribution in [0.5, 0.6) is 0 Å². The zero-order chi connectivity index (χ0) is 19.3. The molecule has 0 amide bonds. The minimum absolute atomic E-state index is 0.267. The number of hydrogen-bond donors (Lipinski definition) is 0. The Balaban J connectivity index is 1.51. The summed E-state index contributed by atoms with van der Waals surface area (Å²) < 4.78 is 25.9. The monoisotopic (exact) mass is 398 g/mol. The van der Waals surface area contributed by atoms with Crippen molar-refractivity contribution in [2.24, 2.45) is 0 Å². The molecular weight excluding hydrogens is 372 g/mol. The largest absolute Gasteiger partial charge is 0.338 e. The average molecular weight is 399 g/mol. The van der Waals surface area contributed by atoms with Gasteiger partial charge in [-0.3, -0.25) is 0 Å². The van der Waals surface area contributed by atoms with Crippen LogP contribution >= 0.6 is 0 Å². The Morgan fingerprint density at radius 3 is 2.75 bits per heavy atom. The van der Waals surface area contributed by atoms with Gasteiger partial charge >= 0.3 is 0 Å². The van der Waals surface area contributed by atoms with Gasteiger partial charge in [-0.05, 0) is 50.7 Å². The average Bonchev–Trinajstić information content (AvgIpc) is 3.26. The first-order valence-electron chi connectivity index (χ1n) is 10.2. The lowest BCUT2D eigenvalue weighted by molar-refractivity contribution is 0.440. The van der Waals surface area contributed by atoms with Crippen LogP contribution in [-0.4, -0.2) is 47.6 Å². The highest BCUT2D eigenvalue weighted by atomic mass is 32.2. The van der Waals surface area contributed by atoms with Crippen LogP contribution in [0, 0.1) is 0 Å². The van der Waals surface area contributed by atoms with Crippen LogP contribution in [0.3, 0.4) is 0 Å². The molecule has 6 nitrogen and oxygen atoms in total. The van der Waals surface area contributed by atoms with Gasteiger partial charge in [0, 0.05) is 42.5 Å². The Hall–Kier alpha value is -1.99. The van der Waals surface area contributed by atoms with Gasteiger partial charge in [0.1, 0.15) is 0 Å². The van der Waals surface area contributed by atoms with Gasteiger partial charge in [-0.15, -0.1) is 0 Å². The maximum absolute atomic E-state index is 12.2. The van der Waals surface area contributed by atoms with E-state index in [1.807, 2.05) is 12.1 Å². The van der Waals surface area contributed by atoms with Gasteiger partial charge in [0.05, 0.1) is 11.4 Å². The van der Waals surface area contributed by atoms with Crippen LogP contribution in [0.25, 0.3) is 11.3 Å². The van der Waals surface area contributed by atoms with Crippen molar-refractivity contribution in [3.8, 4) is 11.3 Å². The van der Waals surface area contributed by atoms with Crippen molar-refractivity contribution >= 4 is 16.0 Å². The highest BCUT2D eigenvalue weighted by Gasteiger charge is 2.30. The Morgan fingerprint density at radius 1 is 1.14 bits per heavy atom. The molecule has 0 spiro atoms. The fourth-order valence-electron chi connectivity index (χ4n) is 4.49. The Morgan fingerprint density at radius 2 is 2.04 bits per heavy atom. The molecule has 7 heteroatoms. The van der Waals surface area contributed by atoms with Gasteiger partial charge < -0.3 is 4.90 Å². The minimum Gasteiger partial charge on any atom is -0.338 e. The van der Waals surface area contributed by atoms with E-state index in [0.717, 1.165) is 55.0 Å². The zero-order valence-electron chi connectivity index (χ0n) is 16.3. The number of rotatable bonds is 4. The van der Waals surface area contributed by atoms with E-state index in [0.29, 0.717) is 19.1 Å². The molecule has 0 unspecified atom stereocenters. The summed E-state index contributed by atoms with van der Waals surface area (Å²) >= 11 is 0. The Bertz CT molecular complexity index is 1020. The van der Waals surface area contributed by atoms with E-state index in [1.165, 1.54) is 17.7 Å². The number of aromatic nitrogens is 2. The molecule has 3 heterocycles. The summed E-state index contributed by atoms with van der Waals surface area (Å²) in [5.74, 6) is 1.12. The fourth-order valence-corrected chi connectivity index (χ4v) is 5.99. The van der Waals surface area contributed by atoms with E-state index in [4.69, 9.17) is 9.97 Å². The lowest BCUT2D eigenvalue weighted by Crippen LogP contribution is -2.46. The summed E-state index contributed by atoms with van der Waals surface area (Å²) in [6.45, 7) is 4.30. The van der Waals surface area contributed by atoms with Crippen molar-refractivity contribution < 1.29 is 8.42 Å². The van der Waals surface area contributed by atoms with Crippen LogP contribution in [-0.2, 0) is 29.4 Å². The maximum Gasteiger partial charge on any atom is 0.226 e. The van der Waals surface area contributed by atoms with Crippen molar-refractivity contribution in [2.75, 3.05) is 23.7 Å². The summed E-state index contributed by atoms with van der Waals surface area (Å²) in [6, 6.07) is 8.73. The zero-order valence-corrected chi connectivity index (χ0v) is 17.1. The van der Waals surface area contributed by atoms with Crippen LogP contribution in [0.1, 0.15) is 43.0 Å². The third-order valence-corrected chi connectivity index (χ3v) is 8.16. The molecular formula is C21H26N4O2S. The SMILES string of the molecule is C[C@H]1CCN1c1nc2c(c(-c3cccc(CN4CCCS4(=O)=O)c3)n1)CCC2. The lowest BCUT2D eigenvalue weighted by Gasteiger charge is -2.39. The van der Waals surface area contributed by atoms with E-state index in [9.17, 15) is 8.42 Å². The Kier molecular flexibility index (Phi) is 4.39. The number of nitrogens with zero attached hydrogens (tertiary/aromatic N) is 4. The number of hydrogen-bond acceptors (Lipinski definition) is 5. The highest BCUT2D eigenvalue weighted by Crippen LogP contribution is 2.34. The third kappa shape index (κ3) is 3.10. The van der Waals surface area contributed by atoms with Gasteiger partial charge in [0.25, 0.3) is 0 Å². The van der Waals surface area contributed by atoms with Gasteiger partial charge in [0.2, 0.25) is 16.0 Å². The van der Waals surface area contributed by atoms with Crippen molar-refractivity contribution in [1.29, 1.82) is 0 Å². The molecule has 2 fully saturated rings. The molecule has 2 saturated heterocycles. The first-order valence-corrected chi connectivity index (χ1v) is 11.9. The summed E-state index contributed by atoms with van der Waals surface area (Å²) in [5, 5.41) is 0. The van der Waals surface area contributed by atoms with Gasteiger partial charge in [-0.25, -0.2) is 18.4 Å². The normalized spacial score (nSPS) is 23.6. The Labute approximate surface area is 166 Å². The van der Waals surface area contributed by atoms with E-state index < -0.39 is 10.0 Å². The van der Waals surface area contributed by atoms with Crippen LogP contribution in [0.15, 0.2) is 24.3 Å². The van der Waals surface area contributed by atoms with Crippen molar-refractivity contribution in [3.05, 3.63) is 41.1 Å². The van der Waals surface area contributed by atoms with Crippen molar-refractivity contribution in [1.82, 2.24) is 14.3 Å². The second-order valence-electron chi connectivity index (χ2n) is 8.19. The fraction of sp³-hybridized carbons (Fsp3) is 0.524. The van der Waals surface area contributed by atoms with E-state index >= 15 is 0 Å². The summed E-state index contributed by atoms with van der Waals surface area (Å²) in [6.07, 6.45) is 5.08. The molecule has 5 rings (SSSR count). The summed E-state index contributed by atoms with van der Waals surface area (Å²) in [7, 11) is -3.09. The molecule has 0 radical (unpaired) electrons. The number of fused-ring (bicyclic) bond motifs is 1. The molecule has 2 aromatic rings. The van der Waals surface area contributed by atoms with Crippen LogP contribution in [0.4, 0.5) is 5.95 Å². The van der Waals surface area contributed by atoms with E-state index in [1.54, 1.807) is 4.31 Å². The molecule has 0 N–H and O–H groups in total. The molecule has 1 aliphatic carbocycles. The molecule has 3 aliphatic rings. The molecule has 2 aliphatic heterocycles. The van der Waals surface area contributed by atoms with Crippen LogP contribution in [0.2, 0.25) is 0 Å². The first kappa shape index (κ1) is 18.1. The lowest BCUT2D eigenvalue weighted by atomic mass is 10.0. The van der Waals surface area contributed by atoms with E-state index in [-0.39, 0.29) is 5.75 Å². The second kappa shape index (κ2) is 6.81. The molecule has 1 aromatic carbocycles. The number of anilines is 1. The number of sulfonamides is 1. The third-order valence-electron chi connectivity index (χ3n) is 6.26. The van der Waals surface area contributed by atoms with E-state index in [2.05, 4.69) is 24.0 Å².